The van der Waals surface area contributed by atoms with Gasteiger partial charge < -0.3 is 4.74 Å². The lowest BCUT2D eigenvalue weighted by Gasteiger charge is -2.36. The largest absolute Gasteiger partial charge is 0.465 e. The van der Waals surface area contributed by atoms with Gasteiger partial charge in [-0.2, -0.15) is 11.8 Å². The van der Waals surface area contributed by atoms with E-state index in [4.69, 9.17) is 4.74 Å². The number of hydrogen-bond donors (Lipinski definition) is 1. The van der Waals surface area contributed by atoms with Crippen molar-refractivity contribution in [2.75, 3.05) is 18.6 Å². The lowest BCUT2D eigenvalue weighted by Crippen LogP contribution is -2.58. The Morgan fingerprint density at radius 3 is 2.83 bits per heavy atom. The van der Waals surface area contributed by atoms with Crippen molar-refractivity contribution in [2.24, 2.45) is 5.92 Å². The summed E-state index contributed by atoms with van der Waals surface area (Å²) in [7, 11) is 0. The molecule has 4 heteroatoms. The molecule has 18 heavy (non-hydrogen) atoms. The van der Waals surface area contributed by atoms with Crippen LogP contribution in [0.2, 0.25) is 0 Å². The van der Waals surface area contributed by atoms with Crippen molar-refractivity contribution >= 4 is 17.7 Å². The van der Waals surface area contributed by atoms with E-state index in [2.05, 4.69) is 25.4 Å². The van der Waals surface area contributed by atoms with Crippen molar-refractivity contribution in [3.8, 4) is 0 Å². The lowest BCUT2D eigenvalue weighted by molar-refractivity contribution is -0.153. The number of nitrogens with one attached hydrogen (secondary N) is 1. The maximum atomic E-state index is 12.4. The molecule has 0 spiro atoms. The van der Waals surface area contributed by atoms with Crippen LogP contribution in [0, 0.1) is 5.92 Å². The highest BCUT2D eigenvalue weighted by atomic mass is 32.2. The summed E-state index contributed by atoms with van der Waals surface area (Å²) in [4.78, 5) is 12.4. The van der Waals surface area contributed by atoms with Crippen molar-refractivity contribution < 1.29 is 9.53 Å². The first-order valence-corrected chi connectivity index (χ1v) is 8.40. The quantitative estimate of drug-likeness (QED) is 0.724. The Balaban J connectivity index is 2.83. The number of hydrogen-bond acceptors (Lipinski definition) is 4. The minimum Gasteiger partial charge on any atom is -0.465 e. The molecule has 1 saturated carbocycles. The van der Waals surface area contributed by atoms with Gasteiger partial charge >= 0.3 is 5.97 Å². The SMILES string of the molecule is CCOC(=O)C1(NC(C)C)CCCC1CCSC. The molecule has 3 nitrogen and oxygen atoms in total. The van der Waals surface area contributed by atoms with Crippen LogP contribution in [-0.4, -0.2) is 36.2 Å². The summed E-state index contributed by atoms with van der Waals surface area (Å²) in [5.74, 6) is 1.50. The summed E-state index contributed by atoms with van der Waals surface area (Å²) < 4.78 is 5.33. The highest BCUT2D eigenvalue weighted by Gasteiger charge is 2.49. The van der Waals surface area contributed by atoms with Crippen LogP contribution in [0.3, 0.4) is 0 Å². The van der Waals surface area contributed by atoms with Crippen molar-refractivity contribution in [2.45, 2.75) is 58.0 Å². The van der Waals surface area contributed by atoms with Gasteiger partial charge in [-0.15, -0.1) is 0 Å². The fourth-order valence-electron chi connectivity index (χ4n) is 3.02. The number of carbonyl (C=O) groups is 1. The summed E-state index contributed by atoms with van der Waals surface area (Å²) in [6.45, 7) is 6.55. The van der Waals surface area contributed by atoms with E-state index in [1.165, 1.54) is 0 Å². The minimum atomic E-state index is -0.431. The lowest BCUT2D eigenvalue weighted by atomic mass is 9.84. The van der Waals surface area contributed by atoms with Crippen LogP contribution in [0.1, 0.15) is 46.5 Å². The second-order valence-electron chi connectivity index (χ2n) is 5.36. The fourth-order valence-corrected chi connectivity index (χ4v) is 3.54. The number of esters is 1. The highest BCUT2D eigenvalue weighted by molar-refractivity contribution is 7.98. The molecule has 0 aliphatic heterocycles. The standard InChI is InChI=1S/C14H27NO2S/c1-5-17-13(16)14(15-11(2)3)9-6-7-12(14)8-10-18-4/h11-12,15H,5-10H2,1-4H3. The zero-order valence-corrected chi connectivity index (χ0v) is 12.9. The summed E-state index contributed by atoms with van der Waals surface area (Å²) in [6, 6.07) is 0.310. The molecule has 1 aliphatic rings. The Hall–Kier alpha value is -0.220. The molecule has 0 heterocycles. The van der Waals surface area contributed by atoms with E-state index in [0.29, 0.717) is 18.6 Å². The number of carbonyl (C=O) groups excluding carboxylic acids is 1. The molecule has 1 N–H and O–H groups in total. The molecule has 1 rings (SSSR count). The van der Waals surface area contributed by atoms with Gasteiger partial charge in [0.25, 0.3) is 0 Å². The normalized spacial score (nSPS) is 27.7. The molecular formula is C14H27NO2S. The summed E-state index contributed by atoms with van der Waals surface area (Å²) >= 11 is 1.85. The molecule has 2 unspecified atom stereocenters. The molecule has 0 aromatic rings. The third-order valence-electron chi connectivity index (χ3n) is 3.68. The maximum Gasteiger partial charge on any atom is 0.326 e. The Bertz CT molecular complexity index is 271. The molecule has 0 bridgehead atoms. The predicted octanol–water partition coefficient (Wildman–Crippen LogP) is 2.84. The van der Waals surface area contributed by atoms with Gasteiger partial charge in [0.2, 0.25) is 0 Å². The van der Waals surface area contributed by atoms with E-state index in [0.717, 1.165) is 31.4 Å². The van der Waals surface area contributed by atoms with E-state index in [-0.39, 0.29) is 5.97 Å². The third-order valence-corrected chi connectivity index (χ3v) is 4.32. The van der Waals surface area contributed by atoms with Crippen LogP contribution in [0.5, 0.6) is 0 Å². The summed E-state index contributed by atoms with van der Waals surface area (Å²) in [5, 5.41) is 3.51. The molecule has 1 aliphatic carbocycles. The third kappa shape index (κ3) is 3.64. The molecule has 0 saturated heterocycles. The Kier molecular flexibility index (Phi) is 6.50. The summed E-state index contributed by atoms with van der Waals surface area (Å²) in [5.41, 5.74) is -0.431. The molecule has 1 fully saturated rings. The number of rotatable bonds is 7. The summed E-state index contributed by atoms with van der Waals surface area (Å²) in [6.07, 6.45) is 6.40. The van der Waals surface area contributed by atoms with E-state index >= 15 is 0 Å². The van der Waals surface area contributed by atoms with E-state index < -0.39 is 5.54 Å². The van der Waals surface area contributed by atoms with Crippen molar-refractivity contribution in [3.63, 3.8) is 0 Å². The van der Waals surface area contributed by atoms with Gasteiger partial charge in [0.15, 0.2) is 0 Å². The first-order chi connectivity index (χ1) is 8.56. The molecule has 0 aromatic heterocycles. The predicted molar refractivity (Wildman–Crippen MR) is 78.0 cm³/mol. The van der Waals surface area contributed by atoms with Crippen LogP contribution in [0.25, 0.3) is 0 Å². The smallest absolute Gasteiger partial charge is 0.326 e. The van der Waals surface area contributed by atoms with Crippen LogP contribution in [0.15, 0.2) is 0 Å². The maximum absolute atomic E-state index is 12.4. The van der Waals surface area contributed by atoms with E-state index in [9.17, 15) is 4.79 Å². The van der Waals surface area contributed by atoms with Gasteiger partial charge in [0.05, 0.1) is 6.61 Å². The van der Waals surface area contributed by atoms with Crippen molar-refractivity contribution in [3.05, 3.63) is 0 Å². The van der Waals surface area contributed by atoms with Crippen molar-refractivity contribution in [1.82, 2.24) is 5.32 Å². The van der Waals surface area contributed by atoms with Crippen molar-refractivity contribution in [1.29, 1.82) is 0 Å². The van der Waals surface area contributed by atoms with Crippen LogP contribution < -0.4 is 5.32 Å². The van der Waals surface area contributed by atoms with Crippen LogP contribution in [-0.2, 0) is 9.53 Å². The zero-order valence-electron chi connectivity index (χ0n) is 12.1. The number of ether oxygens (including phenoxy) is 1. The zero-order chi connectivity index (χ0) is 13.6. The van der Waals surface area contributed by atoms with E-state index in [1.807, 2.05) is 18.7 Å². The Morgan fingerprint density at radius 1 is 1.56 bits per heavy atom. The Labute approximate surface area is 115 Å². The molecular weight excluding hydrogens is 246 g/mol. The molecule has 2 atom stereocenters. The topological polar surface area (TPSA) is 38.3 Å². The first kappa shape index (κ1) is 15.8. The van der Waals surface area contributed by atoms with Crippen LogP contribution >= 0.6 is 11.8 Å². The molecule has 0 amide bonds. The molecule has 0 aromatic carbocycles. The van der Waals surface area contributed by atoms with Gasteiger partial charge in [-0.1, -0.05) is 6.42 Å². The molecule has 106 valence electrons. The van der Waals surface area contributed by atoms with Gasteiger partial charge in [-0.05, 0) is 58.0 Å². The van der Waals surface area contributed by atoms with Gasteiger partial charge in [0.1, 0.15) is 5.54 Å². The minimum absolute atomic E-state index is 0.0395. The second kappa shape index (κ2) is 7.39. The van der Waals surface area contributed by atoms with Gasteiger partial charge in [0, 0.05) is 6.04 Å². The average molecular weight is 273 g/mol. The second-order valence-corrected chi connectivity index (χ2v) is 6.35. The highest BCUT2D eigenvalue weighted by Crippen LogP contribution is 2.39. The first-order valence-electron chi connectivity index (χ1n) is 7.00. The van der Waals surface area contributed by atoms with E-state index in [1.54, 1.807) is 0 Å². The number of thioether (sulfide) groups is 1. The van der Waals surface area contributed by atoms with Gasteiger partial charge in [-0.25, -0.2) is 0 Å². The molecule has 0 radical (unpaired) electrons. The average Bonchev–Trinajstić information content (AvgIpc) is 2.70. The van der Waals surface area contributed by atoms with Crippen LogP contribution in [0.4, 0.5) is 0 Å². The Morgan fingerprint density at radius 2 is 2.28 bits per heavy atom. The monoisotopic (exact) mass is 273 g/mol. The van der Waals surface area contributed by atoms with Gasteiger partial charge in [-0.3, -0.25) is 10.1 Å². The fraction of sp³-hybridized carbons (Fsp3) is 0.929.